The highest BCUT2D eigenvalue weighted by molar-refractivity contribution is 4.84. The molecule has 0 aromatic rings. The van der Waals surface area contributed by atoms with Gasteiger partial charge >= 0.3 is 6.18 Å². The van der Waals surface area contributed by atoms with Gasteiger partial charge in [0.05, 0.1) is 5.92 Å². The second-order valence-electron chi connectivity index (χ2n) is 6.34. The molecule has 0 bridgehead atoms. The molecular formula is C14H27F3N2. The van der Waals surface area contributed by atoms with Crippen LogP contribution in [0.3, 0.4) is 0 Å². The maximum atomic E-state index is 12.8. The summed E-state index contributed by atoms with van der Waals surface area (Å²) >= 11 is 0. The van der Waals surface area contributed by atoms with E-state index in [1.54, 1.807) is 0 Å². The fourth-order valence-electron chi connectivity index (χ4n) is 2.35. The normalized spacial score (nSPS) is 24.5. The average molecular weight is 280 g/mol. The van der Waals surface area contributed by atoms with Crippen molar-refractivity contribution in [1.82, 2.24) is 10.2 Å². The summed E-state index contributed by atoms with van der Waals surface area (Å²) in [5.74, 6) is -1.15. The Kier molecular flexibility index (Phi) is 5.68. The highest BCUT2D eigenvalue weighted by atomic mass is 19.4. The summed E-state index contributed by atoms with van der Waals surface area (Å²) < 4.78 is 38.3. The first-order valence-corrected chi connectivity index (χ1v) is 7.21. The van der Waals surface area contributed by atoms with Gasteiger partial charge < -0.3 is 5.32 Å². The van der Waals surface area contributed by atoms with E-state index in [4.69, 9.17) is 0 Å². The van der Waals surface area contributed by atoms with Crippen molar-refractivity contribution in [2.45, 2.75) is 64.7 Å². The topological polar surface area (TPSA) is 15.3 Å². The first kappa shape index (κ1) is 16.8. The third-order valence-electron chi connectivity index (χ3n) is 4.30. The molecule has 1 heterocycles. The van der Waals surface area contributed by atoms with Gasteiger partial charge in [0, 0.05) is 24.7 Å². The van der Waals surface area contributed by atoms with Gasteiger partial charge in [0.1, 0.15) is 0 Å². The summed E-state index contributed by atoms with van der Waals surface area (Å²) in [4.78, 5) is 1.97. The molecule has 0 amide bonds. The molecule has 0 aliphatic carbocycles. The quantitative estimate of drug-likeness (QED) is 0.830. The first-order valence-electron chi connectivity index (χ1n) is 7.21. The van der Waals surface area contributed by atoms with E-state index in [1.165, 1.54) is 0 Å². The number of hydrogen-bond donors (Lipinski definition) is 1. The van der Waals surface area contributed by atoms with Crippen LogP contribution < -0.4 is 5.32 Å². The molecule has 1 aliphatic rings. The zero-order chi connectivity index (χ0) is 14.7. The molecule has 1 aliphatic heterocycles. The minimum absolute atomic E-state index is 0.0491. The van der Waals surface area contributed by atoms with E-state index in [0.717, 1.165) is 19.5 Å². The van der Waals surface area contributed by atoms with Crippen molar-refractivity contribution in [3.05, 3.63) is 0 Å². The van der Waals surface area contributed by atoms with Crippen LogP contribution in [-0.4, -0.2) is 42.3 Å². The van der Waals surface area contributed by atoms with Crippen molar-refractivity contribution in [3.8, 4) is 0 Å². The number of likely N-dealkylation sites (tertiary alicyclic amines) is 1. The Morgan fingerprint density at radius 3 is 2.47 bits per heavy atom. The van der Waals surface area contributed by atoms with Crippen LogP contribution >= 0.6 is 0 Å². The van der Waals surface area contributed by atoms with Crippen LogP contribution in [-0.2, 0) is 0 Å². The van der Waals surface area contributed by atoms with E-state index in [2.05, 4.69) is 26.1 Å². The lowest BCUT2D eigenvalue weighted by atomic mass is 9.96. The minimum Gasteiger partial charge on any atom is -0.310 e. The largest absolute Gasteiger partial charge is 0.393 e. The minimum atomic E-state index is -4.05. The van der Waals surface area contributed by atoms with Crippen molar-refractivity contribution < 1.29 is 13.2 Å². The van der Waals surface area contributed by atoms with Crippen molar-refractivity contribution in [2.75, 3.05) is 19.6 Å². The van der Waals surface area contributed by atoms with Crippen LogP contribution in [0.5, 0.6) is 0 Å². The summed E-state index contributed by atoms with van der Waals surface area (Å²) in [6.45, 7) is 10.0. The summed E-state index contributed by atoms with van der Waals surface area (Å²) in [7, 11) is 0. The fourth-order valence-corrected chi connectivity index (χ4v) is 2.35. The van der Waals surface area contributed by atoms with Gasteiger partial charge in [0.25, 0.3) is 0 Å². The van der Waals surface area contributed by atoms with Crippen molar-refractivity contribution >= 4 is 0 Å². The lowest BCUT2D eigenvalue weighted by molar-refractivity contribution is -0.188. The monoisotopic (exact) mass is 280 g/mol. The average Bonchev–Trinajstić information content (AvgIpc) is 2.35. The Morgan fingerprint density at radius 1 is 1.32 bits per heavy atom. The van der Waals surface area contributed by atoms with E-state index in [0.29, 0.717) is 6.42 Å². The highest BCUT2D eigenvalue weighted by Gasteiger charge is 2.42. The molecule has 114 valence electrons. The Labute approximate surface area is 114 Å². The predicted octanol–water partition coefficient (Wildman–Crippen LogP) is 3.43. The maximum absolute atomic E-state index is 12.8. The lowest BCUT2D eigenvalue weighted by Gasteiger charge is -2.38. The Bertz CT molecular complexity index is 276. The Hall–Kier alpha value is -0.290. The molecule has 0 radical (unpaired) electrons. The third kappa shape index (κ3) is 5.30. The van der Waals surface area contributed by atoms with Gasteiger partial charge in [0.2, 0.25) is 0 Å². The molecule has 0 aromatic heterocycles. The fraction of sp³-hybridized carbons (Fsp3) is 1.00. The molecule has 2 nitrogen and oxygen atoms in total. The van der Waals surface area contributed by atoms with Gasteiger partial charge in [-0.3, -0.25) is 4.90 Å². The molecule has 1 fully saturated rings. The van der Waals surface area contributed by atoms with Crippen LogP contribution in [0, 0.1) is 5.92 Å². The third-order valence-corrected chi connectivity index (χ3v) is 4.30. The summed E-state index contributed by atoms with van der Waals surface area (Å²) in [5, 5.41) is 3.44. The second-order valence-corrected chi connectivity index (χ2v) is 6.34. The number of halogens is 3. The molecule has 0 aromatic carbocycles. The summed E-state index contributed by atoms with van der Waals surface area (Å²) in [6, 6.07) is 0.149. The SMILES string of the molecule is CCC(C)(C)NCC(C)N1CCCC(C(F)(F)F)C1. The van der Waals surface area contributed by atoms with Crippen molar-refractivity contribution in [3.63, 3.8) is 0 Å². The van der Waals surface area contributed by atoms with E-state index in [1.807, 2.05) is 11.8 Å². The van der Waals surface area contributed by atoms with Crippen LogP contribution in [0.2, 0.25) is 0 Å². The number of piperidine rings is 1. The second kappa shape index (κ2) is 6.44. The van der Waals surface area contributed by atoms with Gasteiger partial charge in [0.15, 0.2) is 0 Å². The molecule has 2 unspecified atom stereocenters. The molecule has 1 rings (SSSR count). The van der Waals surface area contributed by atoms with Crippen LogP contribution in [0.25, 0.3) is 0 Å². The smallest absolute Gasteiger partial charge is 0.310 e. The summed E-state index contributed by atoms with van der Waals surface area (Å²) in [6.07, 6.45) is -2.12. The number of hydrogen-bond acceptors (Lipinski definition) is 2. The summed E-state index contributed by atoms with van der Waals surface area (Å²) in [5.41, 5.74) is 0.0491. The zero-order valence-electron chi connectivity index (χ0n) is 12.5. The molecular weight excluding hydrogens is 253 g/mol. The number of rotatable bonds is 5. The van der Waals surface area contributed by atoms with Gasteiger partial charge in [-0.15, -0.1) is 0 Å². The van der Waals surface area contributed by atoms with E-state index < -0.39 is 12.1 Å². The number of nitrogens with one attached hydrogen (secondary N) is 1. The van der Waals surface area contributed by atoms with E-state index in [-0.39, 0.29) is 24.5 Å². The van der Waals surface area contributed by atoms with Crippen LogP contribution in [0.15, 0.2) is 0 Å². The Morgan fingerprint density at radius 2 is 1.95 bits per heavy atom. The number of alkyl halides is 3. The standard InChI is InChI=1S/C14H27F3N2/c1-5-13(3,4)18-9-11(2)19-8-6-7-12(10-19)14(15,16)17/h11-12,18H,5-10H2,1-4H3. The van der Waals surface area contributed by atoms with Crippen molar-refractivity contribution in [2.24, 2.45) is 5.92 Å². The molecule has 1 saturated heterocycles. The van der Waals surface area contributed by atoms with Crippen LogP contribution in [0.1, 0.15) is 47.0 Å². The molecule has 0 spiro atoms. The van der Waals surface area contributed by atoms with Gasteiger partial charge in [-0.2, -0.15) is 13.2 Å². The van der Waals surface area contributed by atoms with Crippen molar-refractivity contribution in [1.29, 1.82) is 0 Å². The molecule has 5 heteroatoms. The molecule has 1 N–H and O–H groups in total. The lowest BCUT2D eigenvalue weighted by Crippen LogP contribution is -2.51. The first-order chi connectivity index (χ1) is 8.65. The Balaban J connectivity index is 2.46. The van der Waals surface area contributed by atoms with E-state index >= 15 is 0 Å². The predicted molar refractivity (Wildman–Crippen MR) is 72.2 cm³/mol. The molecule has 19 heavy (non-hydrogen) atoms. The van der Waals surface area contributed by atoms with E-state index in [9.17, 15) is 13.2 Å². The highest BCUT2D eigenvalue weighted by Crippen LogP contribution is 2.33. The maximum Gasteiger partial charge on any atom is 0.393 e. The zero-order valence-corrected chi connectivity index (χ0v) is 12.5. The van der Waals surface area contributed by atoms with Gasteiger partial charge in [-0.25, -0.2) is 0 Å². The van der Waals surface area contributed by atoms with Gasteiger partial charge in [-0.1, -0.05) is 6.92 Å². The molecule has 2 atom stereocenters. The van der Waals surface area contributed by atoms with Gasteiger partial charge in [-0.05, 0) is 46.6 Å². The molecule has 0 saturated carbocycles. The number of nitrogens with zero attached hydrogens (tertiary/aromatic N) is 1. The van der Waals surface area contributed by atoms with Crippen LogP contribution in [0.4, 0.5) is 13.2 Å².